The topological polar surface area (TPSA) is 108 Å². The third-order valence-electron chi connectivity index (χ3n) is 4.19. The summed E-state index contributed by atoms with van der Waals surface area (Å²) in [6.07, 6.45) is 1.90. The van der Waals surface area contributed by atoms with Gasteiger partial charge in [-0.05, 0) is 55.3 Å². The quantitative estimate of drug-likeness (QED) is 0.793. The SMILES string of the molecule is N#Cc1ccc(NS(=O)(=O)c2cccc(C(=O)NCC3CCCO3)c2)cc1. The first-order valence-electron chi connectivity index (χ1n) is 8.51. The van der Waals surface area contributed by atoms with E-state index in [9.17, 15) is 13.2 Å². The highest BCUT2D eigenvalue weighted by molar-refractivity contribution is 7.92. The van der Waals surface area contributed by atoms with Crippen molar-refractivity contribution >= 4 is 21.6 Å². The Morgan fingerprint density at radius 1 is 1.22 bits per heavy atom. The van der Waals surface area contributed by atoms with Gasteiger partial charge in [0.1, 0.15) is 0 Å². The van der Waals surface area contributed by atoms with E-state index in [1.165, 1.54) is 42.5 Å². The lowest BCUT2D eigenvalue weighted by Crippen LogP contribution is -2.31. The molecule has 1 atom stereocenters. The monoisotopic (exact) mass is 385 g/mol. The van der Waals surface area contributed by atoms with Crippen molar-refractivity contribution in [3.63, 3.8) is 0 Å². The van der Waals surface area contributed by atoms with Crippen molar-refractivity contribution in [3.8, 4) is 6.07 Å². The molecule has 3 rings (SSSR count). The van der Waals surface area contributed by atoms with E-state index >= 15 is 0 Å². The van der Waals surface area contributed by atoms with Crippen molar-refractivity contribution in [2.45, 2.75) is 23.8 Å². The minimum atomic E-state index is -3.86. The average molecular weight is 385 g/mol. The first-order valence-corrected chi connectivity index (χ1v) is 9.99. The Labute approximate surface area is 158 Å². The van der Waals surface area contributed by atoms with Crippen molar-refractivity contribution < 1.29 is 17.9 Å². The number of hydrogen-bond donors (Lipinski definition) is 2. The van der Waals surface area contributed by atoms with Gasteiger partial charge in [0.25, 0.3) is 15.9 Å². The van der Waals surface area contributed by atoms with Gasteiger partial charge in [0.05, 0.1) is 22.6 Å². The van der Waals surface area contributed by atoms with Crippen LogP contribution in [-0.2, 0) is 14.8 Å². The lowest BCUT2D eigenvalue weighted by atomic mass is 10.2. The van der Waals surface area contributed by atoms with Crippen molar-refractivity contribution in [1.29, 1.82) is 5.26 Å². The Bertz CT molecular complexity index is 959. The average Bonchev–Trinajstić information content (AvgIpc) is 3.20. The van der Waals surface area contributed by atoms with Crippen LogP contribution in [0.4, 0.5) is 5.69 Å². The number of hydrogen-bond acceptors (Lipinski definition) is 5. The first kappa shape index (κ1) is 18.9. The van der Waals surface area contributed by atoms with Crippen LogP contribution >= 0.6 is 0 Å². The molecule has 2 aromatic rings. The van der Waals surface area contributed by atoms with Crippen LogP contribution in [0.3, 0.4) is 0 Å². The molecule has 140 valence electrons. The number of amides is 1. The van der Waals surface area contributed by atoms with Gasteiger partial charge in [0.2, 0.25) is 0 Å². The van der Waals surface area contributed by atoms with Crippen molar-refractivity contribution in [1.82, 2.24) is 5.32 Å². The third-order valence-corrected chi connectivity index (χ3v) is 5.57. The maximum atomic E-state index is 12.6. The molecular formula is C19H19N3O4S. The summed E-state index contributed by atoms with van der Waals surface area (Å²) in [5.41, 5.74) is 1.03. The van der Waals surface area contributed by atoms with Gasteiger partial charge in [-0.3, -0.25) is 9.52 Å². The van der Waals surface area contributed by atoms with Crippen LogP contribution in [0.25, 0.3) is 0 Å². The van der Waals surface area contributed by atoms with Gasteiger partial charge in [-0.25, -0.2) is 8.42 Å². The van der Waals surface area contributed by atoms with Crippen LogP contribution < -0.4 is 10.0 Å². The molecule has 1 amide bonds. The highest BCUT2D eigenvalue weighted by Gasteiger charge is 2.19. The molecule has 0 saturated carbocycles. The van der Waals surface area contributed by atoms with E-state index in [0.29, 0.717) is 24.4 Å². The van der Waals surface area contributed by atoms with E-state index < -0.39 is 10.0 Å². The van der Waals surface area contributed by atoms with E-state index in [-0.39, 0.29) is 22.5 Å². The Kier molecular flexibility index (Phi) is 5.74. The van der Waals surface area contributed by atoms with E-state index in [2.05, 4.69) is 10.0 Å². The Morgan fingerprint density at radius 2 is 2.00 bits per heavy atom. The number of nitrogens with zero attached hydrogens (tertiary/aromatic N) is 1. The molecule has 2 N–H and O–H groups in total. The normalized spacial score (nSPS) is 16.5. The number of benzene rings is 2. The van der Waals surface area contributed by atoms with Crippen LogP contribution in [-0.4, -0.2) is 33.6 Å². The fraction of sp³-hybridized carbons (Fsp3) is 0.263. The molecule has 0 aliphatic carbocycles. The smallest absolute Gasteiger partial charge is 0.261 e. The molecule has 7 nitrogen and oxygen atoms in total. The highest BCUT2D eigenvalue weighted by atomic mass is 32.2. The molecule has 1 saturated heterocycles. The Morgan fingerprint density at radius 3 is 2.67 bits per heavy atom. The molecule has 1 heterocycles. The fourth-order valence-corrected chi connectivity index (χ4v) is 3.85. The molecule has 0 aromatic heterocycles. The Balaban J connectivity index is 1.70. The molecule has 0 spiro atoms. The zero-order valence-corrected chi connectivity index (χ0v) is 15.3. The number of carbonyl (C=O) groups excluding carboxylic acids is 1. The van der Waals surface area contributed by atoms with Crippen molar-refractivity contribution in [3.05, 3.63) is 59.7 Å². The maximum absolute atomic E-state index is 12.6. The highest BCUT2D eigenvalue weighted by Crippen LogP contribution is 2.18. The molecule has 1 fully saturated rings. The number of nitriles is 1. The van der Waals surface area contributed by atoms with Crippen LogP contribution in [0.5, 0.6) is 0 Å². The second-order valence-corrected chi connectivity index (χ2v) is 7.85. The summed E-state index contributed by atoms with van der Waals surface area (Å²) in [4.78, 5) is 12.3. The molecule has 1 unspecified atom stereocenters. The van der Waals surface area contributed by atoms with Crippen LogP contribution in [0.1, 0.15) is 28.8 Å². The first-order chi connectivity index (χ1) is 13.0. The van der Waals surface area contributed by atoms with E-state index in [1.807, 2.05) is 6.07 Å². The predicted molar refractivity (Wildman–Crippen MR) is 99.7 cm³/mol. The minimum Gasteiger partial charge on any atom is -0.376 e. The zero-order chi connectivity index (χ0) is 19.3. The van der Waals surface area contributed by atoms with Crippen molar-refractivity contribution in [2.75, 3.05) is 17.9 Å². The number of sulfonamides is 1. The molecule has 8 heteroatoms. The number of nitrogens with one attached hydrogen (secondary N) is 2. The zero-order valence-electron chi connectivity index (χ0n) is 14.5. The molecule has 1 aliphatic heterocycles. The molecule has 1 aliphatic rings. The largest absolute Gasteiger partial charge is 0.376 e. The molecule has 27 heavy (non-hydrogen) atoms. The number of ether oxygens (including phenoxy) is 1. The number of anilines is 1. The summed E-state index contributed by atoms with van der Waals surface area (Å²) < 4.78 is 33.0. The fourth-order valence-electron chi connectivity index (χ4n) is 2.75. The lowest BCUT2D eigenvalue weighted by molar-refractivity contribution is 0.0857. The van der Waals surface area contributed by atoms with Gasteiger partial charge in [-0.15, -0.1) is 0 Å². The van der Waals surface area contributed by atoms with E-state index in [1.54, 1.807) is 6.07 Å². The summed E-state index contributed by atoms with van der Waals surface area (Å²) in [6, 6.07) is 13.9. The van der Waals surface area contributed by atoms with Crippen LogP contribution in [0.15, 0.2) is 53.4 Å². The molecule has 0 bridgehead atoms. The summed E-state index contributed by atoms with van der Waals surface area (Å²) in [7, 11) is -3.86. The summed E-state index contributed by atoms with van der Waals surface area (Å²) in [5, 5.41) is 11.6. The third kappa shape index (κ3) is 4.84. The van der Waals surface area contributed by atoms with E-state index in [0.717, 1.165) is 12.8 Å². The molecule has 2 aromatic carbocycles. The number of carbonyl (C=O) groups is 1. The lowest BCUT2D eigenvalue weighted by Gasteiger charge is -2.12. The van der Waals surface area contributed by atoms with Crippen LogP contribution in [0.2, 0.25) is 0 Å². The van der Waals surface area contributed by atoms with Crippen LogP contribution in [0, 0.1) is 11.3 Å². The van der Waals surface area contributed by atoms with Gasteiger partial charge in [-0.2, -0.15) is 5.26 Å². The summed E-state index contributed by atoms with van der Waals surface area (Å²) in [5.74, 6) is -0.346. The van der Waals surface area contributed by atoms with Gasteiger partial charge in [-0.1, -0.05) is 6.07 Å². The second kappa shape index (κ2) is 8.20. The van der Waals surface area contributed by atoms with Gasteiger partial charge >= 0.3 is 0 Å². The van der Waals surface area contributed by atoms with Gasteiger partial charge in [0, 0.05) is 24.4 Å². The van der Waals surface area contributed by atoms with Gasteiger partial charge < -0.3 is 10.1 Å². The minimum absolute atomic E-state index is 0.0129. The van der Waals surface area contributed by atoms with Gasteiger partial charge in [0.15, 0.2) is 0 Å². The number of rotatable bonds is 6. The van der Waals surface area contributed by atoms with Crippen molar-refractivity contribution in [2.24, 2.45) is 0 Å². The second-order valence-electron chi connectivity index (χ2n) is 6.17. The Hall–Kier alpha value is -2.89. The predicted octanol–water partition coefficient (Wildman–Crippen LogP) is 2.27. The molecular weight excluding hydrogens is 366 g/mol. The maximum Gasteiger partial charge on any atom is 0.261 e. The summed E-state index contributed by atoms with van der Waals surface area (Å²) >= 11 is 0. The molecule has 0 radical (unpaired) electrons. The van der Waals surface area contributed by atoms with E-state index in [4.69, 9.17) is 10.00 Å². The summed E-state index contributed by atoms with van der Waals surface area (Å²) in [6.45, 7) is 1.11. The standard InChI is InChI=1S/C19H19N3O4S/c20-12-14-6-8-16(9-7-14)22-27(24,25)18-5-1-3-15(11-18)19(23)21-13-17-4-2-10-26-17/h1,3,5-9,11,17,22H,2,4,10,13H2,(H,21,23).